The minimum absolute atomic E-state index is 0.118. The summed E-state index contributed by atoms with van der Waals surface area (Å²) < 4.78 is 12.3. The highest BCUT2D eigenvalue weighted by Crippen LogP contribution is 2.29. The SMILES string of the molecule is COc1cc(-n2ncc(-c3ccccc3)cc2=O)ccc1OCC(C)(C)O. The number of ether oxygens (including phenoxy) is 2. The van der Waals surface area contributed by atoms with Crippen molar-refractivity contribution in [1.29, 1.82) is 0 Å². The Morgan fingerprint density at radius 1 is 1.04 bits per heavy atom. The summed E-state index contributed by atoms with van der Waals surface area (Å²) in [5.41, 5.74) is 1.04. The molecule has 1 heterocycles. The summed E-state index contributed by atoms with van der Waals surface area (Å²) in [7, 11) is 1.52. The first-order chi connectivity index (χ1) is 12.9. The van der Waals surface area contributed by atoms with Crippen molar-refractivity contribution in [1.82, 2.24) is 9.78 Å². The fraction of sp³-hybridized carbons (Fsp3) is 0.238. The van der Waals surface area contributed by atoms with E-state index in [9.17, 15) is 9.90 Å². The third kappa shape index (κ3) is 4.54. The summed E-state index contributed by atoms with van der Waals surface area (Å²) in [5, 5.41) is 14.1. The maximum absolute atomic E-state index is 12.6. The Morgan fingerprint density at radius 3 is 2.41 bits per heavy atom. The molecule has 0 atom stereocenters. The highest BCUT2D eigenvalue weighted by Gasteiger charge is 2.16. The first-order valence-corrected chi connectivity index (χ1v) is 8.56. The van der Waals surface area contributed by atoms with E-state index in [1.54, 1.807) is 44.3 Å². The van der Waals surface area contributed by atoms with Gasteiger partial charge in [0.15, 0.2) is 11.5 Å². The average Bonchev–Trinajstić information content (AvgIpc) is 2.66. The number of benzene rings is 2. The lowest BCUT2D eigenvalue weighted by atomic mass is 10.1. The van der Waals surface area contributed by atoms with Crippen LogP contribution in [0.2, 0.25) is 0 Å². The largest absolute Gasteiger partial charge is 0.493 e. The van der Waals surface area contributed by atoms with E-state index in [-0.39, 0.29) is 12.2 Å². The van der Waals surface area contributed by atoms with Crippen LogP contribution in [0.4, 0.5) is 0 Å². The molecule has 0 spiro atoms. The van der Waals surface area contributed by atoms with Crippen molar-refractivity contribution in [2.24, 2.45) is 0 Å². The molecule has 140 valence electrons. The molecule has 0 saturated carbocycles. The molecule has 0 fully saturated rings. The maximum Gasteiger partial charge on any atom is 0.272 e. The first-order valence-electron chi connectivity index (χ1n) is 8.56. The van der Waals surface area contributed by atoms with Gasteiger partial charge >= 0.3 is 0 Å². The highest BCUT2D eigenvalue weighted by atomic mass is 16.5. The summed E-state index contributed by atoms with van der Waals surface area (Å²) >= 11 is 0. The summed E-state index contributed by atoms with van der Waals surface area (Å²) in [6.07, 6.45) is 1.65. The lowest BCUT2D eigenvalue weighted by Gasteiger charge is -2.19. The van der Waals surface area contributed by atoms with Crippen molar-refractivity contribution in [3.05, 3.63) is 71.1 Å². The molecule has 0 aliphatic heterocycles. The second-order valence-corrected chi connectivity index (χ2v) is 6.80. The zero-order valence-electron chi connectivity index (χ0n) is 15.5. The van der Waals surface area contributed by atoms with Crippen LogP contribution in [-0.4, -0.2) is 34.2 Å². The second kappa shape index (κ2) is 7.63. The zero-order valence-corrected chi connectivity index (χ0v) is 15.5. The van der Waals surface area contributed by atoms with Crippen molar-refractivity contribution in [3.8, 4) is 28.3 Å². The van der Waals surface area contributed by atoms with Crippen LogP contribution in [-0.2, 0) is 0 Å². The molecular weight excluding hydrogens is 344 g/mol. The van der Waals surface area contributed by atoms with Crippen LogP contribution >= 0.6 is 0 Å². The van der Waals surface area contributed by atoms with E-state index in [1.165, 1.54) is 11.8 Å². The Bertz CT molecular complexity index is 975. The molecule has 1 aromatic heterocycles. The molecule has 6 heteroatoms. The van der Waals surface area contributed by atoms with Gasteiger partial charge in [-0.1, -0.05) is 30.3 Å². The van der Waals surface area contributed by atoms with Crippen LogP contribution in [0.5, 0.6) is 11.5 Å². The molecule has 0 unspecified atom stereocenters. The van der Waals surface area contributed by atoms with Gasteiger partial charge in [-0.15, -0.1) is 0 Å². The summed E-state index contributed by atoms with van der Waals surface area (Å²) in [6.45, 7) is 3.43. The molecule has 3 aromatic rings. The van der Waals surface area contributed by atoms with Gasteiger partial charge in [0.1, 0.15) is 6.61 Å². The van der Waals surface area contributed by atoms with Crippen LogP contribution in [0.3, 0.4) is 0 Å². The molecule has 1 N–H and O–H groups in total. The van der Waals surface area contributed by atoms with Gasteiger partial charge in [-0.2, -0.15) is 9.78 Å². The van der Waals surface area contributed by atoms with E-state index < -0.39 is 5.60 Å². The van der Waals surface area contributed by atoms with E-state index in [0.717, 1.165) is 11.1 Å². The minimum Gasteiger partial charge on any atom is -0.493 e. The number of methoxy groups -OCH3 is 1. The van der Waals surface area contributed by atoms with E-state index in [2.05, 4.69) is 5.10 Å². The van der Waals surface area contributed by atoms with E-state index in [4.69, 9.17) is 9.47 Å². The Labute approximate surface area is 157 Å². The molecule has 0 bridgehead atoms. The predicted molar refractivity (Wildman–Crippen MR) is 104 cm³/mol. The molecule has 6 nitrogen and oxygen atoms in total. The Kier molecular flexibility index (Phi) is 5.28. The van der Waals surface area contributed by atoms with Crippen molar-refractivity contribution >= 4 is 0 Å². The smallest absolute Gasteiger partial charge is 0.272 e. The molecule has 27 heavy (non-hydrogen) atoms. The molecule has 0 amide bonds. The third-order valence-corrected chi connectivity index (χ3v) is 3.88. The number of rotatable bonds is 6. The zero-order chi connectivity index (χ0) is 19.4. The normalized spacial score (nSPS) is 11.3. The van der Waals surface area contributed by atoms with Gasteiger partial charge in [0, 0.05) is 17.7 Å². The fourth-order valence-corrected chi connectivity index (χ4v) is 2.55. The van der Waals surface area contributed by atoms with E-state index >= 15 is 0 Å². The fourth-order valence-electron chi connectivity index (χ4n) is 2.55. The summed E-state index contributed by atoms with van der Waals surface area (Å²) in [5.74, 6) is 0.940. The molecule has 2 aromatic carbocycles. The topological polar surface area (TPSA) is 73.6 Å². The van der Waals surface area contributed by atoms with Gasteiger partial charge in [-0.25, -0.2) is 0 Å². The highest BCUT2D eigenvalue weighted by molar-refractivity contribution is 5.61. The lowest BCUT2D eigenvalue weighted by molar-refractivity contribution is 0.0276. The number of hydrogen-bond donors (Lipinski definition) is 1. The molecule has 0 aliphatic rings. The van der Waals surface area contributed by atoms with Crippen molar-refractivity contribution < 1.29 is 14.6 Å². The standard InChI is InChI=1S/C21H22N2O4/c1-21(2,25)14-27-18-10-9-17(12-19(18)26-3)23-20(24)11-16(13-22-23)15-7-5-4-6-8-15/h4-13,25H,14H2,1-3H3. The minimum atomic E-state index is -0.963. The maximum atomic E-state index is 12.6. The van der Waals surface area contributed by atoms with Gasteiger partial charge in [0.2, 0.25) is 0 Å². The number of aromatic nitrogens is 2. The van der Waals surface area contributed by atoms with Gasteiger partial charge in [0.25, 0.3) is 5.56 Å². The monoisotopic (exact) mass is 366 g/mol. The van der Waals surface area contributed by atoms with Crippen molar-refractivity contribution in [2.45, 2.75) is 19.4 Å². The van der Waals surface area contributed by atoms with E-state index in [0.29, 0.717) is 17.2 Å². The Hall–Kier alpha value is -3.12. The van der Waals surface area contributed by atoms with Crippen LogP contribution in [0.25, 0.3) is 16.8 Å². The molecular formula is C21H22N2O4. The van der Waals surface area contributed by atoms with Gasteiger partial charge in [-0.05, 0) is 31.5 Å². The number of nitrogens with zero attached hydrogens (tertiary/aromatic N) is 2. The van der Waals surface area contributed by atoms with Crippen LogP contribution in [0.15, 0.2) is 65.6 Å². The van der Waals surface area contributed by atoms with Crippen LogP contribution in [0.1, 0.15) is 13.8 Å². The molecule has 0 saturated heterocycles. The molecule has 3 rings (SSSR count). The Balaban J connectivity index is 1.91. The van der Waals surface area contributed by atoms with Gasteiger partial charge in [-0.3, -0.25) is 4.79 Å². The lowest BCUT2D eigenvalue weighted by Crippen LogP contribution is -2.28. The van der Waals surface area contributed by atoms with Gasteiger partial charge < -0.3 is 14.6 Å². The quantitative estimate of drug-likeness (QED) is 0.726. The summed E-state index contributed by atoms with van der Waals surface area (Å²) in [6, 6.07) is 16.3. The van der Waals surface area contributed by atoms with Crippen molar-refractivity contribution in [3.63, 3.8) is 0 Å². The van der Waals surface area contributed by atoms with Crippen LogP contribution < -0.4 is 15.0 Å². The Morgan fingerprint density at radius 2 is 1.78 bits per heavy atom. The number of aliphatic hydroxyl groups is 1. The van der Waals surface area contributed by atoms with E-state index in [1.807, 2.05) is 30.3 Å². The third-order valence-electron chi connectivity index (χ3n) is 3.88. The van der Waals surface area contributed by atoms with Crippen LogP contribution in [0, 0.1) is 0 Å². The predicted octanol–water partition coefficient (Wildman–Crippen LogP) is 3.06. The molecule has 0 radical (unpaired) electrons. The van der Waals surface area contributed by atoms with Gasteiger partial charge in [0.05, 0.1) is 24.6 Å². The average molecular weight is 366 g/mol. The molecule has 0 aliphatic carbocycles. The number of hydrogen-bond acceptors (Lipinski definition) is 5. The summed E-state index contributed by atoms with van der Waals surface area (Å²) in [4.78, 5) is 12.6. The first kappa shape index (κ1) is 18.7. The second-order valence-electron chi connectivity index (χ2n) is 6.80. The van der Waals surface area contributed by atoms with Crippen molar-refractivity contribution in [2.75, 3.05) is 13.7 Å².